The Labute approximate surface area is 205 Å². The molecule has 0 spiro atoms. The summed E-state index contributed by atoms with van der Waals surface area (Å²) >= 11 is 6.16. The fourth-order valence-electron chi connectivity index (χ4n) is 3.55. The Kier molecular flexibility index (Phi) is 9.14. The van der Waals surface area contributed by atoms with Crippen molar-refractivity contribution in [2.24, 2.45) is 0 Å². The summed E-state index contributed by atoms with van der Waals surface area (Å²) in [6.07, 6.45) is 1.51. The van der Waals surface area contributed by atoms with Gasteiger partial charge in [0.05, 0.1) is 7.11 Å². The lowest BCUT2D eigenvalue weighted by Crippen LogP contribution is -2.26. The number of allylic oxidation sites excluding steroid dienone is 1. The average molecular weight is 481 g/mol. The van der Waals surface area contributed by atoms with Gasteiger partial charge in [-0.3, -0.25) is 0 Å². The van der Waals surface area contributed by atoms with E-state index in [4.69, 9.17) is 25.8 Å². The third-order valence-corrected chi connectivity index (χ3v) is 5.68. The van der Waals surface area contributed by atoms with Crippen LogP contribution >= 0.6 is 11.6 Å². The first-order chi connectivity index (χ1) is 16.4. The Balaban J connectivity index is 1.59. The number of rotatable bonds is 11. The van der Waals surface area contributed by atoms with Gasteiger partial charge in [0.1, 0.15) is 18.1 Å². The molecule has 1 unspecified atom stereocenters. The minimum Gasteiger partial charge on any atom is -0.496 e. The molecular formula is C28H29ClO5. The van der Waals surface area contributed by atoms with Crippen LogP contribution in [0.3, 0.4) is 0 Å². The number of carboxylic acid groups (broad SMARTS) is 1. The Morgan fingerprint density at radius 3 is 2.38 bits per heavy atom. The molecule has 178 valence electrons. The first kappa shape index (κ1) is 25.3. The summed E-state index contributed by atoms with van der Waals surface area (Å²) < 4.78 is 16.6. The molecule has 0 aromatic heterocycles. The molecule has 0 radical (unpaired) electrons. The monoisotopic (exact) mass is 480 g/mol. The number of hydrogen-bond acceptors (Lipinski definition) is 4. The van der Waals surface area contributed by atoms with E-state index in [1.54, 1.807) is 14.0 Å². The standard InChI is InChI=1S/C28H29ClO5/c1-4-33-27(28(30)31)17-20-5-12-24(13-6-20)34-16-15-19(2)21-7-9-22(10-8-21)25-18-23(29)11-14-26(25)32-3/h5-15,18,27H,4,16-17H2,1-3H3,(H,30,31). The van der Waals surface area contributed by atoms with Crippen molar-refractivity contribution < 1.29 is 24.1 Å². The second-order valence-electron chi connectivity index (χ2n) is 7.75. The second-order valence-corrected chi connectivity index (χ2v) is 8.19. The fraction of sp³-hybridized carbons (Fsp3) is 0.250. The zero-order valence-corrected chi connectivity index (χ0v) is 20.3. The van der Waals surface area contributed by atoms with Crippen LogP contribution in [0.25, 0.3) is 16.7 Å². The lowest BCUT2D eigenvalue weighted by molar-refractivity contribution is -0.149. The highest BCUT2D eigenvalue weighted by atomic mass is 35.5. The minimum absolute atomic E-state index is 0.319. The number of carbonyl (C=O) groups is 1. The van der Waals surface area contributed by atoms with Crippen LogP contribution in [0.5, 0.6) is 11.5 Å². The predicted molar refractivity (Wildman–Crippen MR) is 136 cm³/mol. The van der Waals surface area contributed by atoms with Gasteiger partial charge < -0.3 is 19.3 Å². The molecular weight excluding hydrogens is 452 g/mol. The number of hydrogen-bond donors (Lipinski definition) is 1. The van der Waals surface area contributed by atoms with Crippen molar-refractivity contribution in [3.05, 3.63) is 89.0 Å². The number of benzene rings is 3. The average Bonchev–Trinajstić information content (AvgIpc) is 2.84. The van der Waals surface area contributed by atoms with Crippen molar-refractivity contribution in [3.63, 3.8) is 0 Å². The van der Waals surface area contributed by atoms with Crippen molar-refractivity contribution in [1.29, 1.82) is 0 Å². The van der Waals surface area contributed by atoms with Gasteiger partial charge in [0, 0.05) is 23.6 Å². The summed E-state index contributed by atoms with van der Waals surface area (Å²) in [6.45, 7) is 4.61. The van der Waals surface area contributed by atoms with Crippen molar-refractivity contribution >= 4 is 23.1 Å². The van der Waals surface area contributed by atoms with Gasteiger partial charge in [0.15, 0.2) is 6.10 Å². The van der Waals surface area contributed by atoms with E-state index in [0.717, 1.165) is 39.3 Å². The van der Waals surface area contributed by atoms with E-state index in [1.165, 1.54) is 0 Å². The third kappa shape index (κ3) is 6.86. The highest BCUT2D eigenvalue weighted by Crippen LogP contribution is 2.33. The zero-order chi connectivity index (χ0) is 24.5. The zero-order valence-electron chi connectivity index (χ0n) is 19.6. The number of aliphatic carboxylic acids is 1. The quantitative estimate of drug-likeness (QED) is 0.338. The van der Waals surface area contributed by atoms with E-state index in [0.29, 0.717) is 24.7 Å². The van der Waals surface area contributed by atoms with E-state index in [1.807, 2.05) is 67.6 Å². The molecule has 3 aromatic rings. The lowest BCUT2D eigenvalue weighted by Gasteiger charge is -2.12. The highest BCUT2D eigenvalue weighted by molar-refractivity contribution is 6.31. The molecule has 0 fully saturated rings. The second kappa shape index (κ2) is 12.3. The molecule has 5 nitrogen and oxygen atoms in total. The summed E-state index contributed by atoms with van der Waals surface area (Å²) in [5.74, 6) is 0.544. The Bertz CT molecular complexity index is 1120. The van der Waals surface area contributed by atoms with Crippen LogP contribution < -0.4 is 9.47 Å². The van der Waals surface area contributed by atoms with Gasteiger partial charge >= 0.3 is 5.97 Å². The molecule has 0 aliphatic carbocycles. The van der Waals surface area contributed by atoms with Gasteiger partial charge in [0.2, 0.25) is 0 Å². The minimum atomic E-state index is -0.956. The Hall–Kier alpha value is -3.28. The summed E-state index contributed by atoms with van der Waals surface area (Å²) in [4.78, 5) is 11.2. The summed E-state index contributed by atoms with van der Waals surface area (Å²) in [5.41, 5.74) is 5.06. The topological polar surface area (TPSA) is 65.0 Å². The van der Waals surface area contributed by atoms with E-state index in [-0.39, 0.29) is 0 Å². The van der Waals surface area contributed by atoms with Gasteiger partial charge in [-0.1, -0.05) is 48.0 Å². The van der Waals surface area contributed by atoms with Crippen LogP contribution in [0.1, 0.15) is 25.0 Å². The van der Waals surface area contributed by atoms with Crippen LogP contribution in [0.4, 0.5) is 0 Å². The van der Waals surface area contributed by atoms with E-state index in [2.05, 4.69) is 12.1 Å². The molecule has 0 aliphatic rings. The summed E-state index contributed by atoms with van der Waals surface area (Å²) in [7, 11) is 1.65. The van der Waals surface area contributed by atoms with Crippen LogP contribution in [-0.2, 0) is 16.0 Å². The SMILES string of the molecule is CCOC(Cc1ccc(OCC=C(C)c2ccc(-c3cc(Cl)ccc3OC)cc2)cc1)C(=O)O. The van der Waals surface area contributed by atoms with E-state index in [9.17, 15) is 9.90 Å². The molecule has 3 aromatic carbocycles. The molecule has 0 bridgehead atoms. The molecule has 0 aliphatic heterocycles. The molecule has 3 rings (SSSR count). The Morgan fingerprint density at radius 2 is 1.76 bits per heavy atom. The van der Waals surface area contributed by atoms with Gasteiger partial charge in [-0.05, 0) is 72.5 Å². The van der Waals surface area contributed by atoms with Gasteiger partial charge in [0.25, 0.3) is 0 Å². The molecule has 6 heteroatoms. The van der Waals surface area contributed by atoms with Crippen LogP contribution in [0.15, 0.2) is 72.8 Å². The fourth-order valence-corrected chi connectivity index (χ4v) is 3.73. The number of methoxy groups -OCH3 is 1. The van der Waals surface area contributed by atoms with Crippen molar-refractivity contribution in [2.45, 2.75) is 26.4 Å². The van der Waals surface area contributed by atoms with Crippen LogP contribution in [0.2, 0.25) is 5.02 Å². The molecule has 0 saturated carbocycles. The van der Waals surface area contributed by atoms with E-state index >= 15 is 0 Å². The number of ether oxygens (including phenoxy) is 3. The van der Waals surface area contributed by atoms with Gasteiger partial charge in [-0.25, -0.2) is 4.79 Å². The molecule has 34 heavy (non-hydrogen) atoms. The maximum Gasteiger partial charge on any atom is 0.333 e. The largest absolute Gasteiger partial charge is 0.496 e. The molecule has 0 amide bonds. The summed E-state index contributed by atoms with van der Waals surface area (Å²) in [5, 5.41) is 9.89. The van der Waals surface area contributed by atoms with Crippen molar-refractivity contribution in [2.75, 3.05) is 20.3 Å². The number of halogens is 1. The molecule has 0 saturated heterocycles. The maximum absolute atomic E-state index is 11.2. The van der Waals surface area contributed by atoms with E-state index < -0.39 is 12.1 Å². The maximum atomic E-state index is 11.2. The van der Waals surface area contributed by atoms with Crippen molar-refractivity contribution in [3.8, 4) is 22.6 Å². The molecule has 1 atom stereocenters. The predicted octanol–water partition coefficient (Wildman–Crippen LogP) is 6.53. The normalized spacial score (nSPS) is 12.3. The van der Waals surface area contributed by atoms with Gasteiger partial charge in [-0.15, -0.1) is 0 Å². The highest BCUT2D eigenvalue weighted by Gasteiger charge is 2.17. The Morgan fingerprint density at radius 1 is 1.06 bits per heavy atom. The molecule has 1 N–H and O–H groups in total. The van der Waals surface area contributed by atoms with Gasteiger partial charge in [-0.2, -0.15) is 0 Å². The van der Waals surface area contributed by atoms with Crippen molar-refractivity contribution in [1.82, 2.24) is 0 Å². The first-order valence-electron chi connectivity index (χ1n) is 11.1. The molecule has 0 heterocycles. The lowest BCUT2D eigenvalue weighted by atomic mass is 10.0. The smallest absolute Gasteiger partial charge is 0.333 e. The van der Waals surface area contributed by atoms with Crippen LogP contribution in [-0.4, -0.2) is 37.5 Å². The third-order valence-electron chi connectivity index (χ3n) is 5.44. The first-order valence-corrected chi connectivity index (χ1v) is 11.5. The van der Waals surface area contributed by atoms with Crippen LogP contribution in [0, 0.1) is 0 Å². The summed E-state index contributed by atoms with van der Waals surface area (Å²) in [6, 6.07) is 21.2. The number of carboxylic acids is 1.